The Bertz CT molecular complexity index is 155. The fourth-order valence-corrected chi connectivity index (χ4v) is 2.30. The van der Waals surface area contributed by atoms with Crippen LogP contribution in [0, 0.1) is 11.8 Å². The Kier molecular flexibility index (Phi) is 6.26. The van der Waals surface area contributed by atoms with Crippen molar-refractivity contribution in [3.05, 3.63) is 0 Å². The van der Waals surface area contributed by atoms with Crippen LogP contribution < -0.4 is 5.32 Å². The summed E-state index contributed by atoms with van der Waals surface area (Å²) in [5.74, 6) is 1.60. The molecule has 0 aromatic heterocycles. The minimum atomic E-state index is -0.00105. The summed E-state index contributed by atoms with van der Waals surface area (Å²) in [6.45, 7) is 6.83. The summed E-state index contributed by atoms with van der Waals surface area (Å²) in [5, 5.41) is 12.7. The summed E-state index contributed by atoms with van der Waals surface area (Å²) in [4.78, 5) is 0. The number of aliphatic hydroxyl groups excluding tert-OH is 1. The van der Waals surface area contributed by atoms with Gasteiger partial charge in [-0.2, -0.15) is 0 Å². The Hall–Kier alpha value is -0.0800. The zero-order valence-electron chi connectivity index (χ0n) is 10.3. The fourth-order valence-electron chi connectivity index (χ4n) is 2.30. The Morgan fingerprint density at radius 1 is 1.33 bits per heavy atom. The van der Waals surface area contributed by atoms with Crippen LogP contribution in [-0.4, -0.2) is 24.3 Å². The van der Waals surface area contributed by atoms with Gasteiger partial charge in [0.15, 0.2) is 0 Å². The fraction of sp³-hybridized carbons (Fsp3) is 1.00. The third-order valence-electron chi connectivity index (χ3n) is 3.62. The largest absolute Gasteiger partial charge is 0.393 e. The van der Waals surface area contributed by atoms with Gasteiger partial charge in [0.2, 0.25) is 0 Å². The lowest BCUT2D eigenvalue weighted by Gasteiger charge is -2.32. The Labute approximate surface area is 94.5 Å². The van der Waals surface area contributed by atoms with E-state index in [1.54, 1.807) is 0 Å². The molecule has 0 amide bonds. The highest BCUT2D eigenvalue weighted by atomic mass is 16.3. The van der Waals surface area contributed by atoms with Crippen LogP contribution in [-0.2, 0) is 0 Å². The molecule has 1 unspecified atom stereocenters. The van der Waals surface area contributed by atoms with Gasteiger partial charge in [0.05, 0.1) is 6.10 Å². The van der Waals surface area contributed by atoms with Gasteiger partial charge in [-0.1, -0.05) is 33.1 Å². The molecule has 0 aromatic carbocycles. The van der Waals surface area contributed by atoms with Crippen LogP contribution >= 0.6 is 0 Å². The lowest BCUT2D eigenvalue weighted by atomic mass is 9.82. The highest BCUT2D eigenvalue weighted by Crippen LogP contribution is 2.26. The van der Waals surface area contributed by atoms with Crippen LogP contribution in [0.5, 0.6) is 0 Å². The summed E-state index contributed by atoms with van der Waals surface area (Å²) < 4.78 is 0. The summed E-state index contributed by atoms with van der Waals surface area (Å²) in [6, 6.07) is 0. The van der Waals surface area contributed by atoms with E-state index in [4.69, 9.17) is 5.11 Å². The Morgan fingerprint density at radius 2 is 2.07 bits per heavy atom. The molecular formula is C13H27NO. The summed E-state index contributed by atoms with van der Waals surface area (Å²) in [5.41, 5.74) is 0. The maximum absolute atomic E-state index is 9.16. The van der Waals surface area contributed by atoms with Gasteiger partial charge in [0, 0.05) is 0 Å². The molecule has 1 aliphatic carbocycles. The molecule has 0 aromatic rings. The van der Waals surface area contributed by atoms with Crippen molar-refractivity contribution in [1.29, 1.82) is 0 Å². The third kappa shape index (κ3) is 4.98. The van der Waals surface area contributed by atoms with E-state index >= 15 is 0 Å². The summed E-state index contributed by atoms with van der Waals surface area (Å²) in [7, 11) is 0. The zero-order chi connectivity index (χ0) is 11.1. The molecule has 1 fully saturated rings. The van der Waals surface area contributed by atoms with Crippen LogP contribution in [0.4, 0.5) is 0 Å². The number of rotatable bonds is 8. The molecule has 1 aliphatic rings. The third-order valence-corrected chi connectivity index (χ3v) is 3.62. The predicted molar refractivity (Wildman–Crippen MR) is 64.9 cm³/mol. The number of aliphatic hydroxyl groups is 1. The van der Waals surface area contributed by atoms with E-state index < -0.39 is 0 Å². The number of hydrogen-bond donors (Lipinski definition) is 2. The Morgan fingerprint density at radius 3 is 2.60 bits per heavy atom. The van der Waals surface area contributed by atoms with E-state index in [1.165, 1.54) is 32.2 Å². The first kappa shape index (κ1) is 13.0. The lowest BCUT2D eigenvalue weighted by molar-refractivity contribution is 0.0426. The van der Waals surface area contributed by atoms with Crippen molar-refractivity contribution in [1.82, 2.24) is 5.32 Å². The number of hydrogen-bond acceptors (Lipinski definition) is 2. The van der Waals surface area contributed by atoms with Crippen molar-refractivity contribution in [2.45, 2.75) is 58.5 Å². The van der Waals surface area contributed by atoms with Crippen LogP contribution in [0.25, 0.3) is 0 Å². The molecule has 1 rings (SSSR count). The number of unbranched alkanes of at least 4 members (excludes halogenated alkanes) is 1. The SMILES string of the molecule is CCCCC(CC)CNCC1CC(O)C1. The average Bonchev–Trinajstić information content (AvgIpc) is 2.20. The molecule has 0 aliphatic heterocycles. The predicted octanol–water partition coefficient (Wildman–Crippen LogP) is 2.56. The van der Waals surface area contributed by atoms with Crippen molar-refractivity contribution < 1.29 is 5.11 Å². The van der Waals surface area contributed by atoms with Crippen molar-refractivity contribution >= 4 is 0 Å². The van der Waals surface area contributed by atoms with E-state index in [0.29, 0.717) is 0 Å². The molecule has 2 N–H and O–H groups in total. The second kappa shape index (κ2) is 7.24. The minimum Gasteiger partial charge on any atom is -0.393 e. The lowest BCUT2D eigenvalue weighted by Crippen LogP contribution is -2.37. The van der Waals surface area contributed by atoms with E-state index in [0.717, 1.165) is 31.2 Å². The van der Waals surface area contributed by atoms with E-state index in [2.05, 4.69) is 19.2 Å². The topological polar surface area (TPSA) is 32.3 Å². The molecule has 0 saturated heterocycles. The van der Waals surface area contributed by atoms with E-state index in [9.17, 15) is 0 Å². The molecule has 0 spiro atoms. The van der Waals surface area contributed by atoms with Gasteiger partial charge < -0.3 is 10.4 Å². The maximum Gasteiger partial charge on any atom is 0.0546 e. The highest BCUT2D eigenvalue weighted by Gasteiger charge is 2.26. The standard InChI is InChI=1S/C13H27NO/c1-3-5-6-11(4-2)9-14-10-12-7-13(15)8-12/h11-15H,3-10H2,1-2H3. The van der Waals surface area contributed by atoms with Crippen LogP contribution in [0.2, 0.25) is 0 Å². The van der Waals surface area contributed by atoms with Crippen LogP contribution in [0.3, 0.4) is 0 Å². The molecule has 0 radical (unpaired) electrons. The van der Waals surface area contributed by atoms with Crippen LogP contribution in [0.1, 0.15) is 52.4 Å². The molecule has 90 valence electrons. The van der Waals surface area contributed by atoms with Gasteiger partial charge in [-0.25, -0.2) is 0 Å². The molecule has 0 heterocycles. The zero-order valence-corrected chi connectivity index (χ0v) is 10.3. The average molecular weight is 213 g/mol. The maximum atomic E-state index is 9.16. The quantitative estimate of drug-likeness (QED) is 0.649. The van der Waals surface area contributed by atoms with Crippen molar-refractivity contribution in [2.75, 3.05) is 13.1 Å². The van der Waals surface area contributed by atoms with Gasteiger partial charge in [0.1, 0.15) is 0 Å². The first-order valence-electron chi connectivity index (χ1n) is 6.65. The second-order valence-corrected chi connectivity index (χ2v) is 5.07. The summed E-state index contributed by atoms with van der Waals surface area (Å²) in [6.07, 6.45) is 7.36. The highest BCUT2D eigenvalue weighted by molar-refractivity contribution is 4.80. The molecule has 15 heavy (non-hydrogen) atoms. The molecular weight excluding hydrogens is 186 g/mol. The normalized spacial score (nSPS) is 27.4. The smallest absolute Gasteiger partial charge is 0.0546 e. The summed E-state index contributed by atoms with van der Waals surface area (Å²) >= 11 is 0. The molecule has 2 nitrogen and oxygen atoms in total. The van der Waals surface area contributed by atoms with Gasteiger partial charge >= 0.3 is 0 Å². The van der Waals surface area contributed by atoms with Gasteiger partial charge in [0.25, 0.3) is 0 Å². The van der Waals surface area contributed by atoms with Gasteiger partial charge in [-0.15, -0.1) is 0 Å². The molecule has 1 saturated carbocycles. The van der Waals surface area contributed by atoms with Crippen LogP contribution in [0.15, 0.2) is 0 Å². The van der Waals surface area contributed by atoms with Crippen molar-refractivity contribution in [3.8, 4) is 0 Å². The number of nitrogens with one attached hydrogen (secondary N) is 1. The first-order chi connectivity index (χ1) is 7.26. The Balaban J connectivity index is 1.96. The van der Waals surface area contributed by atoms with Crippen molar-refractivity contribution in [2.24, 2.45) is 11.8 Å². The van der Waals surface area contributed by atoms with E-state index in [1.807, 2.05) is 0 Å². The minimum absolute atomic E-state index is 0.00105. The first-order valence-corrected chi connectivity index (χ1v) is 6.65. The van der Waals surface area contributed by atoms with Gasteiger partial charge in [-0.05, 0) is 44.2 Å². The second-order valence-electron chi connectivity index (χ2n) is 5.07. The molecule has 2 heteroatoms. The van der Waals surface area contributed by atoms with Gasteiger partial charge in [-0.3, -0.25) is 0 Å². The van der Waals surface area contributed by atoms with Crippen molar-refractivity contribution in [3.63, 3.8) is 0 Å². The molecule has 0 bridgehead atoms. The van der Waals surface area contributed by atoms with E-state index in [-0.39, 0.29) is 6.10 Å². The monoisotopic (exact) mass is 213 g/mol. The molecule has 1 atom stereocenters.